The molecule has 2 N–H and O–H groups in total. The van der Waals surface area contributed by atoms with Crippen LogP contribution < -0.4 is 0 Å². The van der Waals surface area contributed by atoms with Gasteiger partial charge in [0.2, 0.25) is 0 Å². The SMILES string of the molecule is OC1(O)CCCc2c1ccc1c2ccc2ccccc21. The van der Waals surface area contributed by atoms with Gasteiger partial charge in [-0.1, -0.05) is 48.5 Å². The fraction of sp³-hybridized carbons (Fsp3) is 0.222. The van der Waals surface area contributed by atoms with E-state index in [0.29, 0.717) is 12.0 Å². The minimum absolute atomic E-state index is 0.416. The molecular weight excluding hydrogens is 248 g/mol. The van der Waals surface area contributed by atoms with Crippen molar-refractivity contribution in [2.45, 2.75) is 25.0 Å². The van der Waals surface area contributed by atoms with E-state index in [1.807, 2.05) is 24.3 Å². The van der Waals surface area contributed by atoms with E-state index < -0.39 is 5.79 Å². The Labute approximate surface area is 117 Å². The summed E-state index contributed by atoms with van der Waals surface area (Å²) in [5, 5.41) is 25.1. The molecule has 0 atom stereocenters. The van der Waals surface area contributed by atoms with Crippen LogP contribution in [0.25, 0.3) is 21.5 Å². The Kier molecular flexibility index (Phi) is 2.40. The van der Waals surface area contributed by atoms with Crippen LogP contribution in [0.4, 0.5) is 0 Å². The second kappa shape index (κ2) is 4.05. The third-order valence-electron chi connectivity index (χ3n) is 4.42. The number of hydrogen-bond donors (Lipinski definition) is 2. The number of fused-ring (bicyclic) bond motifs is 5. The third-order valence-corrected chi connectivity index (χ3v) is 4.42. The fourth-order valence-electron chi connectivity index (χ4n) is 3.44. The highest BCUT2D eigenvalue weighted by atomic mass is 16.5. The summed E-state index contributed by atoms with van der Waals surface area (Å²) >= 11 is 0. The molecule has 1 aliphatic rings. The van der Waals surface area contributed by atoms with Crippen molar-refractivity contribution in [3.63, 3.8) is 0 Å². The lowest BCUT2D eigenvalue weighted by molar-refractivity contribution is -0.179. The molecule has 0 radical (unpaired) electrons. The fourth-order valence-corrected chi connectivity index (χ4v) is 3.44. The number of hydrogen-bond acceptors (Lipinski definition) is 2. The standard InChI is InChI=1S/C18H16O2/c19-18(20)11-3-6-16-15-8-7-12-4-1-2-5-13(12)14(15)9-10-17(16)18/h1-2,4-5,7-10,19-20H,3,6,11H2. The van der Waals surface area contributed by atoms with Gasteiger partial charge in [-0.15, -0.1) is 0 Å². The molecule has 3 aromatic rings. The van der Waals surface area contributed by atoms with Crippen LogP contribution in [0.5, 0.6) is 0 Å². The Hall–Kier alpha value is -1.90. The van der Waals surface area contributed by atoms with Gasteiger partial charge in [0.25, 0.3) is 0 Å². The van der Waals surface area contributed by atoms with Crippen LogP contribution >= 0.6 is 0 Å². The highest BCUT2D eigenvalue weighted by molar-refractivity contribution is 6.08. The zero-order valence-electron chi connectivity index (χ0n) is 11.1. The predicted molar refractivity (Wildman–Crippen MR) is 80.5 cm³/mol. The molecule has 2 nitrogen and oxygen atoms in total. The van der Waals surface area contributed by atoms with Crippen LogP contribution in [0.1, 0.15) is 24.0 Å². The van der Waals surface area contributed by atoms with Crippen molar-refractivity contribution in [1.29, 1.82) is 0 Å². The second-order valence-electron chi connectivity index (χ2n) is 5.64. The number of aliphatic hydroxyl groups is 2. The highest BCUT2D eigenvalue weighted by Gasteiger charge is 2.32. The quantitative estimate of drug-likeness (QED) is 0.482. The van der Waals surface area contributed by atoms with Gasteiger partial charge in [0, 0.05) is 12.0 Å². The molecule has 4 rings (SSSR count). The highest BCUT2D eigenvalue weighted by Crippen LogP contribution is 2.38. The number of rotatable bonds is 0. The van der Waals surface area contributed by atoms with Gasteiger partial charge in [-0.25, -0.2) is 0 Å². The molecule has 0 bridgehead atoms. The third kappa shape index (κ3) is 1.59. The van der Waals surface area contributed by atoms with Crippen molar-refractivity contribution in [1.82, 2.24) is 0 Å². The molecule has 0 amide bonds. The summed E-state index contributed by atoms with van der Waals surface area (Å²) in [4.78, 5) is 0. The Morgan fingerprint density at radius 1 is 0.800 bits per heavy atom. The molecule has 0 aromatic heterocycles. The van der Waals surface area contributed by atoms with Crippen molar-refractivity contribution in [2.75, 3.05) is 0 Å². The summed E-state index contributed by atoms with van der Waals surface area (Å²) < 4.78 is 0. The van der Waals surface area contributed by atoms with E-state index in [1.54, 1.807) is 0 Å². The molecule has 0 heterocycles. The largest absolute Gasteiger partial charge is 0.362 e. The molecule has 0 saturated heterocycles. The molecule has 0 unspecified atom stereocenters. The summed E-state index contributed by atoms with van der Waals surface area (Å²) in [6.07, 6.45) is 2.14. The van der Waals surface area contributed by atoms with Gasteiger partial charge in [0.15, 0.2) is 5.79 Å². The van der Waals surface area contributed by atoms with Gasteiger partial charge in [0.1, 0.15) is 0 Å². The van der Waals surface area contributed by atoms with Gasteiger partial charge in [-0.2, -0.15) is 0 Å². The van der Waals surface area contributed by atoms with Crippen molar-refractivity contribution in [3.05, 3.63) is 59.7 Å². The zero-order valence-corrected chi connectivity index (χ0v) is 11.1. The first-order valence-electron chi connectivity index (χ1n) is 7.05. The van der Waals surface area contributed by atoms with Crippen molar-refractivity contribution in [3.8, 4) is 0 Å². The molecule has 0 spiro atoms. The molecule has 3 aromatic carbocycles. The molecule has 0 aliphatic heterocycles. The summed E-state index contributed by atoms with van der Waals surface area (Å²) in [6, 6.07) is 16.4. The van der Waals surface area contributed by atoms with Crippen LogP contribution in [0.15, 0.2) is 48.5 Å². The number of benzene rings is 3. The van der Waals surface area contributed by atoms with E-state index in [1.165, 1.54) is 16.2 Å². The lowest BCUT2D eigenvalue weighted by Gasteiger charge is -2.30. The molecule has 2 heteroatoms. The molecule has 0 saturated carbocycles. The molecular formula is C18H16O2. The Morgan fingerprint density at radius 2 is 1.60 bits per heavy atom. The predicted octanol–water partition coefficient (Wildman–Crippen LogP) is 3.47. The molecule has 100 valence electrons. The van der Waals surface area contributed by atoms with Gasteiger partial charge in [0.05, 0.1) is 0 Å². The van der Waals surface area contributed by atoms with Crippen molar-refractivity contribution < 1.29 is 10.2 Å². The van der Waals surface area contributed by atoms with Gasteiger partial charge >= 0.3 is 0 Å². The van der Waals surface area contributed by atoms with E-state index in [-0.39, 0.29) is 0 Å². The maximum Gasteiger partial charge on any atom is 0.190 e. The maximum atomic E-state index is 10.2. The van der Waals surface area contributed by atoms with Crippen LogP contribution in [-0.2, 0) is 12.2 Å². The average Bonchev–Trinajstić information content (AvgIpc) is 2.46. The summed E-state index contributed by atoms with van der Waals surface area (Å²) in [5.74, 6) is -1.67. The maximum absolute atomic E-state index is 10.2. The first kappa shape index (κ1) is 11.9. The molecule has 20 heavy (non-hydrogen) atoms. The minimum atomic E-state index is -1.67. The molecule has 1 aliphatic carbocycles. The average molecular weight is 264 g/mol. The lowest BCUT2D eigenvalue weighted by Crippen LogP contribution is -2.30. The zero-order chi connectivity index (χ0) is 13.7. The smallest absolute Gasteiger partial charge is 0.190 e. The van der Waals surface area contributed by atoms with Gasteiger partial charge < -0.3 is 10.2 Å². The van der Waals surface area contributed by atoms with E-state index in [0.717, 1.165) is 23.8 Å². The second-order valence-corrected chi connectivity index (χ2v) is 5.64. The van der Waals surface area contributed by atoms with Crippen LogP contribution in [0.2, 0.25) is 0 Å². The topological polar surface area (TPSA) is 40.5 Å². The van der Waals surface area contributed by atoms with Gasteiger partial charge in [-0.3, -0.25) is 0 Å². The Morgan fingerprint density at radius 3 is 2.50 bits per heavy atom. The van der Waals surface area contributed by atoms with E-state index in [2.05, 4.69) is 24.3 Å². The van der Waals surface area contributed by atoms with Crippen molar-refractivity contribution in [2.24, 2.45) is 0 Å². The summed E-state index contributed by atoms with van der Waals surface area (Å²) in [5.41, 5.74) is 1.76. The summed E-state index contributed by atoms with van der Waals surface area (Å²) in [6.45, 7) is 0. The van der Waals surface area contributed by atoms with E-state index in [9.17, 15) is 10.2 Å². The van der Waals surface area contributed by atoms with E-state index in [4.69, 9.17) is 0 Å². The van der Waals surface area contributed by atoms with Crippen LogP contribution in [0, 0.1) is 0 Å². The Bertz CT molecular complexity index is 818. The van der Waals surface area contributed by atoms with Crippen LogP contribution in [0.3, 0.4) is 0 Å². The van der Waals surface area contributed by atoms with Gasteiger partial charge in [-0.05, 0) is 39.9 Å². The van der Waals surface area contributed by atoms with E-state index >= 15 is 0 Å². The first-order valence-corrected chi connectivity index (χ1v) is 7.05. The number of aryl methyl sites for hydroxylation is 1. The van der Waals surface area contributed by atoms with Crippen molar-refractivity contribution >= 4 is 21.5 Å². The monoisotopic (exact) mass is 264 g/mol. The summed E-state index contributed by atoms with van der Waals surface area (Å²) in [7, 11) is 0. The normalized spacial score (nSPS) is 17.3. The van der Waals surface area contributed by atoms with Crippen LogP contribution in [-0.4, -0.2) is 10.2 Å². The molecule has 0 fully saturated rings. The minimum Gasteiger partial charge on any atom is -0.362 e. The Balaban J connectivity index is 2.13. The first-order chi connectivity index (χ1) is 9.67. The lowest BCUT2D eigenvalue weighted by atomic mass is 9.83.